The Hall–Kier alpha value is -2.87. The van der Waals surface area contributed by atoms with Gasteiger partial charge in [-0.2, -0.15) is 4.98 Å². The molecule has 1 fully saturated rings. The van der Waals surface area contributed by atoms with E-state index in [4.69, 9.17) is 9.26 Å². The van der Waals surface area contributed by atoms with Gasteiger partial charge in [-0.15, -0.1) is 0 Å². The van der Waals surface area contributed by atoms with E-state index in [9.17, 15) is 4.79 Å². The molecule has 1 amide bonds. The summed E-state index contributed by atoms with van der Waals surface area (Å²) in [5.74, 6) is 2.98. The molecule has 156 valence electrons. The van der Waals surface area contributed by atoms with Crippen LogP contribution < -0.4 is 4.74 Å². The Morgan fingerprint density at radius 2 is 1.90 bits per heavy atom. The van der Waals surface area contributed by atoms with Crippen LogP contribution in [0.2, 0.25) is 0 Å². The molecule has 0 atom stereocenters. The lowest BCUT2D eigenvalue weighted by Gasteiger charge is -2.30. The number of rotatable bonds is 6. The zero-order chi connectivity index (χ0) is 20.9. The molecule has 4 rings (SSSR count). The second-order valence-electron chi connectivity index (χ2n) is 7.39. The van der Waals surface area contributed by atoms with Gasteiger partial charge in [-0.25, -0.2) is 4.98 Å². The summed E-state index contributed by atoms with van der Waals surface area (Å²) in [6.45, 7) is 3.96. The predicted octanol–water partition coefficient (Wildman–Crippen LogP) is 4.16. The average Bonchev–Trinajstić information content (AvgIpc) is 3.29. The van der Waals surface area contributed by atoms with E-state index in [-0.39, 0.29) is 5.91 Å². The molecule has 2 aromatic heterocycles. The monoisotopic (exact) mass is 424 g/mol. The highest BCUT2D eigenvalue weighted by atomic mass is 32.2. The highest BCUT2D eigenvalue weighted by Gasteiger charge is 2.20. The second kappa shape index (κ2) is 9.30. The number of methoxy groups -OCH3 is 1. The molecular weight excluding hydrogens is 400 g/mol. The first kappa shape index (κ1) is 20.4. The summed E-state index contributed by atoms with van der Waals surface area (Å²) in [4.78, 5) is 23.2. The van der Waals surface area contributed by atoms with Gasteiger partial charge in [0, 0.05) is 24.8 Å². The molecule has 1 aromatic carbocycles. The minimum absolute atomic E-state index is 0.179. The quantitative estimate of drug-likeness (QED) is 0.550. The van der Waals surface area contributed by atoms with Crippen molar-refractivity contribution in [2.24, 2.45) is 5.92 Å². The van der Waals surface area contributed by atoms with Crippen molar-refractivity contribution in [2.75, 3.05) is 26.0 Å². The molecule has 3 heterocycles. The number of thioether (sulfide) groups is 1. The summed E-state index contributed by atoms with van der Waals surface area (Å²) in [7, 11) is 1.63. The van der Waals surface area contributed by atoms with Gasteiger partial charge in [0.1, 0.15) is 5.75 Å². The van der Waals surface area contributed by atoms with Crippen molar-refractivity contribution in [1.82, 2.24) is 20.0 Å². The number of nitrogens with zero attached hydrogens (tertiary/aromatic N) is 4. The zero-order valence-corrected chi connectivity index (χ0v) is 17.9. The third-order valence-electron chi connectivity index (χ3n) is 5.24. The van der Waals surface area contributed by atoms with Crippen LogP contribution in [0.15, 0.2) is 52.1 Å². The lowest BCUT2D eigenvalue weighted by molar-refractivity contribution is -0.129. The fraction of sp³-hybridized carbons (Fsp3) is 0.364. The Balaban J connectivity index is 1.35. The zero-order valence-electron chi connectivity index (χ0n) is 17.1. The molecule has 0 bridgehead atoms. The maximum atomic E-state index is 12.4. The van der Waals surface area contributed by atoms with Crippen LogP contribution >= 0.6 is 11.8 Å². The number of piperidine rings is 1. The fourth-order valence-corrected chi connectivity index (χ4v) is 4.02. The molecule has 0 aliphatic carbocycles. The Morgan fingerprint density at radius 3 is 2.57 bits per heavy atom. The maximum absolute atomic E-state index is 12.4. The highest BCUT2D eigenvalue weighted by Crippen LogP contribution is 2.25. The van der Waals surface area contributed by atoms with E-state index in [0.29, 0.717) is 23.4 Å². The number of benzene rings is 1. The van der Waals surface area contributed by atoms with E-state index >= 15 is 0 Å². The van der Waals surface area contributed by atoms with Crippen molar-refractivity contribution < 1.29 is 14.1 Å². The normalized spacial score (nSPS) is 14.7. The van der Waals surface area contributed by atoms with Gasteiger partial charge in [-0.1, -0.05) is 23.8 Å². The summed E-state index contributed by atoms with van der Waals surface area (Å²) < 4.78 is 10.6. The molecule has 0 spiro atoms. The molecule has 0 saturated carbocycles. The fourth-order valence-electron chi connectivity index (χ4n) is 3.28. The van der Waals surface area contributed by atoms with E-state index in [1.54, 1.807) is 13.3 Å². The molecule has 0 radical (unpaired) electrons. The van der Waals surface area contributed by atoms with Crippen LogP contribution in [0.4, 0.5) is 0 Å². The van der Waals surface area contributed by atoms with Crippen LogP contribution in [-0.2, 0) is 4.79 Å². The van der Waals surface area contributed by atoms with Gasteiger partial charge >= 0.3 is 0 Å². The van der Waals surface area contributed by atoms with Crippen molar-refractivity contribution in [3.63, 3.8) is 0 Å². The van der Waals surface area contributed by atoms with Gasteiger partial charge in [0.25, 0.3) is 5.89 Å². The molecule has 30 heavy (non-hydrogen) atoms. The molecule has 1 aliphatic rings. The van der Waals surface area contributed by atoms with Crippen LogP contribution in [-0.4, -0.2) is 51.9 Å². The van der Waals surface area contributed by atoms with Gasteiger partial charge in [-0.05, 0) is 55.2 Å². The third-order valence-corrected chi connectivity index (χ3v) is 6.17. The van der Waals surface area contributed by atoms with Gasteiger partial charge < -0.3 is 14.2 Å². The average molecular weight is 425 g/mol. The molecule has 1 aliphatic heterocycles. The standard InChI is InChI=1S/C22H24N4O3S/c1-15-9-11-26(12-10-15)20(27)14-30-19-8-5-17(13-23-19)22-24-21(25-29-22)16-3-6-18(28-2)7-4-16/h3-8,13,15H,9-12,14H2,1-2H3. The number of amides is 1. The number of carbonyl (C=O) groups excluding carboxylic acids is 1. The third kappa shape index (κ3) is 4.81. The summed E-state index contributed by atoms with van der Waals surface area (Å²) in [5, 5.41) is 4.85. The predicted molar refractivity (Wildman–Crippen MR) is 115 cm³/mol. The van der Waals surface area contributed by atoms with Gasteiger partial charge in [0.05, 0.1) is 23.5 Å². The Bertz CT molecular complexity index is 980. The summed E-state index contributed by atoms with van der Waals surface area (Å²) in [5.41, 5.74) is 1.58. The lowest BCUT2D eigenvalue weighted by Crippen LogP contribution is -2.38. The Kier molecular flexibility index (Phi) is 6.32. The maximum Gasteiger partial charge on any atom is 0.259 e. The first-order chi connectivity index (χ1) is 14.6. The first-order valence-electron chi connectivity index (χ1n) is 9.97. The summed E-state index contributed by atoms with van der Waals surface area (Å²) >= 11 is 1.45. The molecule has 0 unspecified atom stereocenters. The summed E-state index contributed by atoms with van der Waals surface area (Å²) in [6.07, 6.45) is 3.87. The number of aromatic nitrogens is 3. The minimum Gasteiger partial charge on any atom is -0.497 e. The first-order valence-corrected chi connectivity index (χ1v) is 11.0. The largest absolute Gasteiger partial charge is 0.497 e. The number of ether oxygens (including phenoxy) is 1. The number of hydrogen-bond acceptors (Lipinski definition) is 7. The van der Waals surface area contributed by atoms with Crippen LogP contribution in [0, 0.1) is 5.92 Å². The smallest absolute Gasteiger partial charge is 0.259 e. The molecule has 7 nitrogen and oxygen atoms in total. The van der Waals surface area contributed by atoms with Crippen molar-refractivity contribution in [3.8, 4) is 28.6 Å². The van der Waals surface area contributed by atoms with E-state index in [0.717, 1.165) is 47.8 Å². The number of hydrogen-bond donors (Lipinski definition) is 0. The summed E-state index contributed by atoms with van der Waals surface area (Å²) in [6, 6.07) is 11.2. The van der Waals surface area contributed by atoms with E-state index < -0.39 is 0 Å². The second-order valence-corrected chi connectivity index (χ2v) is 8.38. The number of likely N-dealkylation sites (tertiary alicyclic amines) is 1. The molecule has 3 aromatic rings. The van der Waals surface area contributed by atoms with Crippen molar-refractivity contribution >= 4 is 17.7 Å². The molecule has 0 N–H and O–H groups in total. The van der Waals surface area contributed by atoms with Crippen LogP contribution in [0.3, 0.4) is 0 Å². The van der Waals surface area contributed by atoms with Crippen LogP contribution in [0.5, 0.6) is 5.75 Å². The lowest BCUT2D eigenvalue weighted by atomic mass is 9.99. The van der Waals surface area contributed by atoms with Crippen LogP contribution in [0.25, 0.3) is 22.8 Å². The van der Waals surface area contributed by atoms with Gasteiger partial charge in [0.2, 0.25) is 11.7 Å². The van der Waals surface area contributed by atoms with E-state index in [1.165, 1.54) is 11.8 Å². The Morgan fingerprint density at radius 1 is 1.17 bits per heavy atom. The van der Waals surface area contributed by atoms with Gasteiger partial charge in [-0.3, -0.25) is 4.79 Å². The SMILES string of the molecule is COc1ccc(-c2noc(-c3ccc(SCC(=O)N4CCC(C)CC4)nc3)n2)cc1. The molecule has 1 saturated heterocycles. The highest BCUT2D eigenvalue weighted by molar-refractivity contribution is 7.99. The molecular formula is C22H24N4O3S. The Labute approximate surface area is 179 Å². The molecule has 8 heteroatoms. The van der Waals surface area contributed by atoms with E-state index in [2.05, 4.69) is 22.0 Å². The number of pyridine rings is 1. The van der Waals surface area contributed by atoms with Gasteiger partial charge in [0.15, 0.2) is 0 Å². The number of carbonyl (C=O) groups is 1. The van der Waals surface area contributed by atoms with Crippen molar-refractivity contribution in [3.05, 3.63) is 42.6 Å². The van der Waals surface area contributed by atoms with Crippen molar-refractivity contribution in [1.29, 1.82) is 0 Å². The topological polar surface area (TPSA) is 81.4 Å². The minimum atomic E-state index is 0.179. The van der Waals surface area contributed by atoms with E-state index in [1.807, 2.05) is 41.3 Å². The van der Waals surface area contributed by atoms with Crippen molar-refractivity contribution in [2.45, 2.75) is 24.8 Å². The van der Waals surface area contributed by atoms with Crippen LogP contribution in [0.1, 0.15) is 19.8 Å².